The summed E-state index contributed by atoms with van der Waals surface area (Å²) in [4.78, 5) is 23.0. The molecule has 2 atom stereocenters. The second kappa shape index (κ2) is 10.8. The number of nitro benzene ring substituents is 1. The van der Waals surface area contributed by atoms with E-state index in [1.807, 2.05) is 0 Å². The van der Waals surface area contributed by atoms with Crippen LogP contribution in [0.15, 0.2) is 54.6 Å². The maximum Gasteiger partial charge on any atom is 0.513 e. The lowest BCUT2D eigenvalue weighted by Crippen LogP contribution is -2.34. The van der Waals surface area contributed by atoms with Gasteiger partial charge < -0.3 is 9.05 Å². The third kappa shape index (κ3) is 7.09. The van der Waals surface area contributed by atoms with Crippen molar-refractivity contribution in [2.75, 3.05) is 0 Å². The fraction of sp³-hybridized carbons (Fsp3) is 0.381. The van der Waals surface area contributed by atoms with Crippen molar-refractivity contribution in [1.82, 2.24) is 5.09 Å². The largest absolute Gasteiger partial charge is 0.513 e. The zero-order valence-corrected chi connectivity index (χ0v) is 18.8. The molecule has 2 aromatic carbocycles. The maximum absolute atomic E-state index is 13.5. The standard InChI is InChI=1S/C21H25N2O6PS/c1-16(21(24)31-20-10-6-3-7-11-20)22-30(27,28-18-8-4-2-5-9-18)29-19-14-12-17(13-15-19)23(25)26/h2,4-5,8-9,12-16,20H,3,6-7,10-11H2,1H3,(H,22,27)/t16-,30?/m0/s1. The van der Waals surface area contributed by atoms with E-state index in [0.29, 0.717) is 5.75 Å². The van der Waals surface area contributed by atoms with E-state index < -0.39 is 18.7 Å². The van der Waals surface area contributed by atoms with Crippen LogP contribution in [0.2, 0.25) is 0 Å². The number of hydrogen-bond acceptors (Lipinski definition) is 7. The molecule has 0 heterocycles. The summed E-state index contributed by atoms with van der Waals surface area (Å²) in [5, 5.41) is 13.7. The molecule has 1 aliphatic carbocycles. The summed E-state index contributed by atoms with van der Waals surface area (Å²) in [7, 11) is -4.02. The second-order valence-corrected chi connectivity index (χ2v) is 10.2. The van der Waals surface area contributed by atoms with E-state index in [1.54, 1.807) is 37.3 Å². The van der Waals surface area contributed by atoms with Crippen LogP contribution < -0.4 is 14.1 Å². The fourth-order valence-corrected chi connectivity index (χ4v) is 5.98. The summed E-state index contributed by atoms with van der Waals surface area (Å²) in [6.07, 6.45) is 5.43. The first-order valence-corrected chi connectivity index (χ1v) is 12.5. The van der Waals surface area contributed by atoms with Crippen molar-refractivity contribution in [2.24, 2.45) is 0 Å². The average molecular weight is 464 g/mol. The molecule has 1 aliphatic rings. The van der Waals surface area contributed by atoms with Gasteiger partial charge in [-0.1, -0.05) is 49.2 Å². The van der Waals surface area contributed by atoms with Crippen molar-refractivity contribution in [1.29, 1.82) is 0 Å². The van der Waals surface area contributed by atoms with E-state index in [9.17, 15) is 19.5 Å². The van der Waals surface area contributed by atoms with Crippen LogP contribution in [0, 0.1) is 10.1 Å². The summed E-state index contributed by atoms with van der Waals surface area (Å²) in [5.74, 6) is 0.428. The van der Waals surface area contributed by atoms with Crippen LogP contribution >= 0.6 is 19.5 Å². The molecule has 0 bridgehead atoms. The summed E-state index contributed by atoms with van der Waals surface area (Å²) >= 11 is 1.28. The Labute approximate surface area is 185 Å². The Kier molecular flexibility index (Phi) is 8.12. The quantitative estimate of drug-likeness (QED) is 0.285. The first-order chi connectivity index (χ1) is 14.8. The average Bonchev–Trinajstić information content (AvgIpc) is 2.75. The van der Waals surface area contributed by atoms with Crippen molar-refractivity contribution in [2.45, 2.75) is 50.3 Å². The van der Waals surface area contributed by atoms with E-state index in [0.717, 1.165) is 25.7 Å². The van der Waals surface area contributed by atoms with Gasteiger partial charge in [0.25, 0.3) is 5.69 Å². The molecular formula is C21H25N2O6PS. The number of nitro groups is 1. The van der Waals surface area contributed by atoms with Gasteiger partial charge in [-0.2, -0.15) is 5.09 Å². The lowest BCUT2D eigenvalue weighted by molar-refractivity contribution is -0.384. The Morgan fingerprint density at radius 3 is 2.23 bits per heavy atom. The van der Waals surface area contributed by atoms with Crippen molar-refractivity contribution in [3.05, 3.63) is 64.7 Å². The van der Waals surface area contributed by atoms with Gasteiger partial charge in [0.05, 0.1) is 11.0 Å². The van der Waals surface area contributed by atoms with Crippen LogP contribution in [0.5, 0.6) is 11.5 Å². The van der Waals surface area contributed by atoms with Crippen LogP contribution in [-0.2, 0) is 9.36 Å². The van der Waals surface area contributed by atoms with Crippen molar-refractivity contribution >= 4 is 30.3 Å². The van der Waals surface area contributed by atoms with E-state index in [4.69, 9.17) is 9.05 Å². The number of thioether (sulfide) groups is 1. The topological polar surface area (TPSA) is 108 Å². The maximum atomic E-state index is 13.5. The van der Waals surface area contributed by atoms with Crippen LogP contribution in [0.25, 0.3) is 0 Å². The lowest BCUT2D eigenvalue weighted by Gasteiger charge is -2.25. The van der Waals surface area contributed by atoms with Crippen LogP contribution in [-0.4, -0.2) is 21.3 Å². The zero-order chi connectivity index (χ0) is 22.3. The van der Waals surface area contributed by atoms with Crippen LogP contribution in [0.3, 0.4) is 0 Å². The van der Waals surface area contributed by atoms with Crippen molar-refractivity contribution in [3.8, 4) is 11.5 Å². The first-order valence-electron chi connectivity index (χ1n) is 10.1. The van der Waals surface area contributed by atoms with Gasteiger partial charge in [-0.15, -0.1) is 0 Å². The third-order valence-electron chi connectivity index (χ3n) is 4.78. The molecule has 1 N–H and O–H groups in total. The molecule has 166 valence electrons. The summed E-state index contributed by atoms with van der Waals surface area (Å²) in [6, 6.07) is 12.9. The molecule has 31 heavy (non-hydrogen) atoms. The Morgan fingerprint density at radius 1 is 1.06 bits per heavy atom. The predicted molar refractivity (Wildman–Crippen MR) is 120 cm³/mol. The Morgan fingerprint density at radius 2 is 1.65 bits per heavy atom. The highest BCUT2D eigenvalue weighted by molar-refractivity contribution is 8.14. The highest BCUT2D eigenvalue weighted by Gasteiger charge is 2.34. The number of para-hydroxylation sites is 1. The molecular weight excluding hydrogens is 439 g/mol. The van der Waals surface area contributed by atoms with E-state index >= 15 is 0 Å². The van der Waals surface area contributed by atoms with Crippen molar-refractivity contribution in [3.63, 3.8) is 0 Å². The molecule has 0 aliphatic heterocycles. The van der Waals surface area contributed by atoms with Gasteiger partial charge in [0.15, 0.2) is 0 Å². The minimum atomic E-state index is -4.02. The number of nitrogens with zero attached hydrogens (tertiary/aromatic N) is 1. The molecule has 1 fully saturated rings. The first kappa shape index (κ1) is 23.3. The normalized spacial score (nSPS) is 17.3. The highest BCUT2D eigenvalue weighted by atomic mass is 32.2. The summed E-state index contributed by atoms with van der Waals surface area (Å²) in [5.41, 5.74) is -0.119. The van der Waals surface area contributed by atoms with Gasteiger partial charge in [0, 0.05) is 17.4 Å². The fourth-order valence-electron chi connectivity index (χ4n) is 3.20. The molecule has 3 rings (SSSR count). The number of rotatable bonds is 9. The highest BCUT2D eigenvalue weighted by Crippen LogP contribution is 2.46. The molecule has 0 radical (unpaired) electrons. The summed E-state index contributed by atoms with van der Waals surface area (Å²) in [6.45, 7) is 1.62. The van der Waals surface area contributed by atoms with Crippen molar-refractivity contribution < 1.29 is 23.3 Å². The van der Waals surface area contributed by atoms with E-state index in [1.165, 1.54) is 42.4 Å². The van der Waals surface area contributed by atoms with Gasteiger partial charge in [0.1, 0.15) is 11.5 Å². The molecule has 2 aromatic rings. The number of benzene rings is 2. The zero-order valence-electron chi connectivity index (χ0n) is 17.1. The third-order valence-corrected chi connectivity index (χ3v) is 7.78. The molecule has 0 amide bonds. The Balaban J connectivity index is 1.73. The van der Waals surface area contributed by atoms with Gasteiger partial charge in [-0.05, 0) is 44.0 Å². The van der Waals surface area contributed by atoms with E-state index in [-0.39, 0.29) is 21.8 Å². The SMILES string of the molecule is C[C@H](NP(=O)(Oc1ccccc1)Oc1ccc([N+](=O)[O-])cc1)C(=O)SC1CCCCC1. The van der Waals surface area contributed by atoms with E-state index in [2.05, 4.69) is 5.09 Å². The number of carbonyl (C=O) groups is 1. The predicted octanol–water partition coefficient (Wildman–Crippen LogP) is 5.73. The molecule has 8 nitrogen and oxygen atoms in total. The van der Waals surface area contributed by atoms with Crippen LogP contribution in [0.4, 0.5) is 5.69 Å². The van der Waals surface area contributed by atoms with Crippen LogP contribution in [0.1, 0.15) is 39.0 Å². The minimum absolute atomic E-state index is 0.119. The number of non-ortho nitro benzene ring substituents is 1. The number of carbonyl (C=O) groups excluding carboxylic acids is 1. The van der Waals surface area contributed by atoms with Gasteiger partial charge >= 0.3 is 7.75 Å². The molecule has 10 heteroatoms. The molecule has 0 saturated heterocycles. The van der Waals surface area contributed by atoms with Gasteiger partial charge in [-0.3, -0.25) is 14.9 Å². The summed E-state index contributed by atoms with van der Waals surface area (Å²) < 4.78 is 24.7. The Hall–Kier alpha value is -2.35. The van der Waals surface area contributed by atoms with Gasteiger partial charge in [0.2, 0.25) is 5.12 Å². The smallest absolute Gasteiger partial charge is 0.405 e. The minimum Gasteiger partial charge on any atom is -0.405 e. The molecule has 1 saturated carbocycles. The molecule has 0 aromatic heterocycles. The number of nitrogens with one attached hydrogen (secondary N) is 1. The molecule has 1 unspecified atom stereocenters. The Bertz CT molecular complexity index is 935. The second-order valence-electron chi connectivity index (χ2n) is 7.29. The van der Waals surface area contributed by atoms with Gasteiger partial charge in [-0.25, -0.2) is 4.57 Å². The molecule has 0 spiro atoms. The monoisotopic (exact) mass is 464 g/mol. The number of hydrogen-bond donors (Lipinski definition) is 1. The lowest BCUT2D eigenvalue weighted by atomic mass is 10.0.